The van der Waals surface area contributed by atoms with Gasteiger partial charge in [-0.3, -0.25) is 9.69 Å². The van der Waals surface area contributed by atoms with Crippen LogP contribution in [0.5, 0.6) is 0 Å². The summed E-state index contributed by atoms with van der Waals surface area (Å²) in [5.41, 5.74) is 2.33. The number of amides is 1. The molecular formula is C18H22Cl2N4O. The lowest BCUT2D eigenvalue weighted by atomic mass is 10.1. The first-order valence-corrected chi connectivity index (χ1v) is 9.19. The largest absolute Gasteiger partial charge is 0.340 e. The first kappa shape index (κ1) is 18.3. The van der Waals surface area contributed by atoms with Crippen molar-refractivity contribution in [3.8, 4) is 0 Å². The van der Waals surface area contributed by atoms with Gasteiger partial charge in [-0.15, -0.1) is 0 Å². The lowest BCUT2D eigenvalue weighted by Crippen LogP contribution is -2.45. The van der Waals surface area contributed by atoms with Crippen molar-refractivity contribution >= 4 is 34.8 Å². The van der Waals surface area contributed by atoms with Crippen LogP contribution in [0.2, 0.25) is 10.2 Å². The summed E-state index contributed by atoms with van der Waals surface area (Å²) in [5.74, 6) is -0.266. The Morgan fingerprint density at radius 1 is 1.12 bits per heavy atom. The number of anilines is 1. The number of nitrogens with one attached hydrogen (secondary N) is 2. The van der Waals surface area contributed by atoms with Gasteiger partial charge in [-0.05, 0) is 30.3 Å². The number of H-pyrrole nitrogens is 1. The van der Waals surface area contributed by atoms with Gasteiger partial charge in [-0.2, -0.15) is 0 Å². The van der Waals surface area contributed by atoms with Gasteiger partial charge < -0.3 is 15.2 Å². The van der Waals surface area contributed by atoms with Crippen LogP contribution in [0.25, 0.3) is 0 Å². The smallest absolute Gasteiger partial charge is 0.272 e. The molecule has 0 bridgehead atoms. The second-order valence-electron chi connectivity index (χ2n) is 6.21. The number of carbonyl (C=O) groups is 1. The van der Waals surface area contributed by atoms with E-state index in [0.717, 1.165) is 45.0 Å². The van der Waals surface area contributed by atoms with Crippen LogP contribution in [0.1, 0.15) is 23.0 Å². The quantitative estimate of drug-likeness (QED) is 0.830. The van der Waals surface area contributed by atoms with Gasteiger partial charge >= 0.3 is 0 Å². The third-order valence-corrected chi connectivity index (χ3v) is 5.19. The number of carbonyl (C=O) groups excluding carboxylic acids is 1. The zero-order valence-corrected chi connectivity index (χ0v) is 15.7. The molecule has 1 aliphatic rings. The standard InChI is InChI=1S/C18H22Cl2N4O/c1-2-23-7-9-24(10-8-23)12-13-3-5-14(6-4-13)21-18(25)16-11-15(19)17(20)22-16/h3-6,11,22H,2,7-10,12H2,1H3,(H,21,25). The van der Waals surface area contributed by atoms with Crippen molar-refractivity contribution in [3.63, 3.8) is 0 Å². The van der Waals surface area contributed by atoms with E-state index < -0.39 is 0 Å². The maximum atomic E-state index is 12.2. The minimum Gasteiger partial charge on any atom is -0.340 e. The number of rotatable bonds is 5. The predicted octanol–water partition coefficient (Wildman–Crippen LogP) is 3.71. The first-order valence-electron chi connectivity index (χ1n) is 8.44. The number of halogens is 2. The van der Waals surface area contributed by atoms with Crippen molar-refractivity contribution in [1.82, 2.24) is 14.8 Å². The number of piperazine rings is 1. The molecule has 5 nitrogen and oxygen atoms in total. The van der Waals surface area contributed by atoms with E-state index in [0.29, 0.717) is 10.7 Å². The van der Waals surface area contributed by atoms with Crippen LogP contribution in [-0.2, 0) is 6.54 Å². The van der Waals surface area contributed by atoms with E-state index in [9.17, 15) is 4.79 Å². The topological polar surface area (TPSA) is 51.4 Å². The van der Waals surface area contributed by atoms with E-state index in [4.69, 9.17) is 23.2 Å². The van der Waals surface area contributed by atoms with Crippen LogP contribution < -0.4 is 5.32 Å². The molecule has 25 heavy (non-hydrogen) atoms. The third-order valence-electron chi connectivity index (χ3n) is 4.50. The molecule has 134 valence electrons. The van der Waals surface area contributed by atoms with Crippen molar-refractivity contribution in [2.45, 2.75) is 13.5 Å². The Morgan fingerprint density at radius 2 is 1.76 bits per heavy atom. The molecule has 1 aromatic carbocycles. The van der Waals surface area contributed by atoms with Gasteiger partial charge in [0.25, 0.3) is 5.91 Å². The summed E-state index contributed by atoms with van der Waals surface area (Å²) in [6.45, 7) is 8.73. The maximum Gasteiger partial charge on any atom is 0.272 e. The van der Waals surface area contributed by atoms with Gasteiger partial charge in [0.05, 0.1) is 5.02 Å². The minimum atomic E-state index is -0.266. The van der Waals surface area contributed by atoms with Crippen molar-refractivity contribution in [3.05, 3.63) is 51.8 Å². The average Bonchev–Trinajstić information content (AvgIpc) is 2.96. The van der Waals surface area contributed by atoms with Gasteiger partial charge in [0.2, 0.25) is 0 Å². The van der Waals surface area contributed by atoms with Crippen molar-refractivity contribution in [2.24, 2.45) is 0 Å². The summed E-state index contributed by atoms with van der Waals surface area (Å²) in [4.78, 5) is 19.8. The van der Waals surface area contributed by atoms with Crippen LogP contribution in [0, 0.1) is 0 Å². The van der Waals surface area contributed by atoms with Crippen LogP contribution in [0.15, 0.2) is 30.3 Å². The zero-order valence-electron chi connectivity index (χ0n) is 14.2. The predicted molar refractivity (Wildman–Crippen MR) is 103 cm³/mol. The molecule has 2 heterocycles. The highest BCUT2D eigenvalue weighted by atomic mass is 35.5. The first-order chi connectivity index (χ1) is 12.0. The molecule has 0 atom stereocenters. The van der Waals surface area contributed by atoms with Crippen molar-refractivity contribution < 1.29 is 4.79 Å². The lowest BCUT2D eigenvalue weighted by Gasteiger charge is -2.34. The summed E-state index contributed by atoms with van der Waals surface area (Å²) in [7, 11) is 0. The van der Waals surface area contributed by atoms with Gasteiger partial charge in [-0.1, -0.05) is 42.3 Å². The summed E-state index contributed by atoms with van der Waals surface area (Å²) < 4.78 is 0. The fourth-order valence-corrected chi connectivity index (χ4v) is 3.25. The number of hydrogen-bond acceptors (Lipinski definition) is 3. The molecule has 0 radical (unpaired) electrons. The highest BCUT2D eigenvalue weighted by Gasteiger charge is 2.16. The molecule has 3 rings (SSSR count). The van der Waals surface area contributed by atoms with E-state index >= 15 is 0 Å². The van der Waals surface area contributed by atoms with Gasteiger partial charge in [0.15, 0.2) is 0 Å². The molecule has 2 N–H and O–H groups in total. The minimum absolute atomic E-state index is 0.266. The summed E-state index contributed by atoms with van der Waals surface area (Å²) in [6, 6.07) is 9.46. The van der Waals surface area contributed by atoms with Crippen LogP contribution >= 0.6 is 23.2 Å². The second kappa shape index (κ2) is 8.23. The number of aromatic amines is 1. The van der Waals surface area contributed by atoms with Crippen LogP contribution in [0.3, 0.4) is 0 Å². The van der Waals surface area contributed by atoms with E-state index in [1.54, 1.807) is 0 Å². The fraction of sp³-hybridized carbons (Fsp3) is 0.389. The number of hydrogen-bond donors (Lipinski definition) is 2. The maximum absolute atomic E-state index is 12.2. The van der Waals surface area contributed by atoms with Crippen molar-refractivity contribution in [1.29, 1.82) is 0 Å². The Bertz CT molecular complexity index is 702. The molecule has 1 aromatic heterocycles. The summed E-state index contributed by atoms with van der Waals surface area (Å²) in [5, 5.41) is 3.44. The molecule has 7 heteroatoms. The summed E-state index contributed by atoms with van der Waals surface area (Å²) >= 11 is 11.7. The highest BCUT2D eigenvalue weighted by Crippen LogP contribution is 2.22. The van der Waals surface area contributed by atoms with E-state index in [-0.39, 0.29) is 11.1 Å². The Morgan fingerprint density at radius 3 is 2.32 bits per heavy atom. The Balaban J connectivity index is 1.54. The van der Waals surface area contributed by atoms with Crippen molar-refractivity contribution in [2.75, 3.05) is 38.0 Å². The monoisotopic (exact) mass is 380 g/mol. The van der Waals surface area contributed by atoms with Gasteiger partial charge in [0.1, 0.15) is 10.8 Å². The Hall–Kier alpha value is -1.53. The normalized spacial score (nSPS) is 16.1. The lowest BCUT2D eigenvalue weighted by molar-refractivity contribution is 0.102. The average molecular weight is 381 g/mol. The fourth-order valence-electron chi connectivity index (χ4n) is 2.94. The molecule has 1 aliphatic heterocycles. The molecule has 1 amide bonds. The van der Waals surface area contributed by atoms with E-state index in [2.05, 4.69) is 39.2 Å². The third kappa shape index (κ3) is 4.76. The molecule has 1 fully saturated rings. The molecule has 0 spiro atoms. The molecular weight excluding hydrogens is 359 g/mol. The molecule has 0 unspecified atom stereocenters. The van der Waals surface area contributed by atoms with E-state index in [1.807, 2.05) is 12.1 Å². The highest BCUT2D eigenvalue weighted by molar-refractivity contribution is 6.41. The number of likely N-dealkylation sites (N-methyl/N-ethyl adjacent to an activating group) is 1. The molecule has 0 saturated carbocycles. The Kier molecular flexibility index (Phi) is 6.02. The second-order valence-corrected chi connectivity index (χ2v) is 6.99. The zero-order chi connectivity index (χ0) is 17.8. The SMILES string of the molecule is CCN1CCN(Cc2ccc(NC(=O)c3cc(Cl)c(Cl)[nH]3)cc2)CC1. The number of aromatic nitrogens is 1. The molecule has 0 aliphatic carbocycles. The molecule has 1 saturated heterocycles. The molecule has 2 aromatic rings. The number of benzene rings is 1. The van der Waals surface area contributed by atoms with Crippen LogP contribution in [-0.4, -0.2) is 53.4 Å². The van der Waals surface area contributed by atoms with Gasteiger partial charge in [-0.25, -0.2) is 0 Å². The van der Waals surface area contributed by atoms with E-state index in [1.165, 1.54) is 11.6 Å². The summed E-state index contributed by atoms with van der Waals surface area (Å²) in [6.07, 6.45) is 0. The van der Waals surface area contributed by atoms with Gasteiger partial charge in [0, 0.05) is 38.4 Å². The number of nitrogens with zero attached hydrogens (tertiary/aromatic N) is 2. The Labute approximate surface area is 157 Å². The van der Waals surface area contributed by atoms with Crippen LogP contribution in [0.4, 0.5) is 5.69 Å².